The molecule has 26 heavy (non-hydrogen) atoms. The number of benzene rings is 1. The van der Waals surface area contributed by atoms with Crippen LogP contribution in [0.4, 0.5) is 13.2 Å². The fourth-order valence-corrected chi connectivity index (χ4v) is 2.77. The lowest BCUT2D eigenvalue weighted by molar-refractivity contribution is -0.189. The maximum atomic E-state index is 12.5. The van der Waals surface area contributed by atoms with Crippen molar-refractivity contribution in [2.45, 2.75) is 32.5 Å². The summed E-state index contributed by atoms with van der Waals surface area (Å²) in [5, 5.41) is 4.68. The molecule has 0 aliphatic heterocycles. The minimum Gasteiger partial charge on any atom is -0.329 e. The van der Waals surface area contributed by atoms with Gasteiger partial charge in [-0.25, -0.2) is 5.06 Å². The summed E-state index contributed by atoms with van der Waals surface area (Å²) in [6, 6.07) is 6.20. The van der Waals surface area contributed by atoms with Crippen molar-refractivity contribution in [1.29, 1.82) is 0 Å². The Balaban J connectivity index is 1.76. The van der Waals surface area contributed by atoms with Crippen molar-refractivity contribution >= 4 is 5.91 Å². The molecule has 9 heteroatoms. The highest BCUT2D eigenvalue weighted by Gasteiger charge is 2.43. The number of hydrogen-bond acceptors (Lipinski definition) is 5. The third-order valence-electron chi connectivity index (χ3n) is 4.51. The van der Waals surface area contributed by atoms with Gasteiger partial charge in [-0.15, -0.1) is 0 Å². The third kappa shape index (κ3) is 3.57. The van der Waals surface area contributed by atoms with Crippen LogP contribution in [0.1, 0.15) is 37.8 Å². The highest BCUT2D eigenvalue weighted by atomic mass is 19.4. The van der Waals surface area contributed by atoms with Crippen LogP contribution in [0, 0.1) is 11.8 Å². The van der Waals surface area contributed by atoms with Gasteiger partial charge in [-0.05, 0) is 24.8 Å². The molecule has 1 aliphatic rings. The van der Waals surface area contributed by atoms with Crippen LogP contribution in [-0.4, -0.2) is 28.2 Å². The number of rotatable bonds is 5. The molecule has 3 atom stereocenters. The number of carbonyl (C=O) groups excluding carboxylic acids is 1. The predicted octanol–water partition coefficient (Wildman–Crippen LogP) is 3.86. The van der Waals surface area contributed by atoms with Gasteiger partial charge in [0, 0.05) is 11.5 Å². The van der Waals surface area contributed by atoms with E-state index in [-0.39, 0.29) is 23.7 Å². The minimum absolute atomic E-state index is 0.0169. The smallest absolute Gasteiger partial charge is 0.329 e. The van der Waals surface area contributed by atoms with Crippen molar-refractivity contribution in [3.63, 3.8) is 0 Å². The van der Waals surface area contributed by atoms with Crippen molar-refractivity contribution < 1.29 is 27.3 Å². The first-order chi connectivity index (χ1) is 12.2. The lowest BCUT2D eigenvalue weighted by Crippen LogP contribution is -2.34. The van der Waals surface area contributed by atoms with E-state index in [1.165, 1.54) is 12.2 Å². The Morgan fingerprint density at radius 2 is 1.96 bits per heavy atom. The molecule has 3 rings (SSSR count). The molecule has 0 bridgehead atoms. The lowest BCUT2D eigenvalue weighted by Gasteiger charge is -2.27. The van der Waals surface area contributed by atoms with Crippen molar-refractivity contribution in [2.24, 2.45) is 11.8 Å². The number of aromatic nitrogens is 2. The van der Waals surface area contributed by atoms with Gasteiger partial charge in [0.15, 0.2) is 0 Å². The van der Waals surface area contributed by atoms with E-state index >= 15 is 0 Å². The van der Waals surface area contributed by atoms with Crippen LogP contribution in [-0.2, 0) is 15.8 Å². The van der Waals surface area contributed by atoms with E-state index in [9.17, 15) is 18.0 Å². The van der Waals surface area contributed by atoms with Gasteiger partial charge in [-0.2, -0.15) is 18.2 Å². The molecule has 1 amide bonds. The average molecular weight is 369 g/mol. The third-order valence-corrected chi connectivity index (χ3v) is 4.51. The normalized spacial score (nSPS) is 20.7. The molecule has 0 saturated heterocycles. The molecule has 1 aromatic heterocycles. The molecule has 2 aromatic rings. The number of hydrogen-bond donors (Lipinski definition) is 0. The summed E-state index contributed by atoms with van der Waals surface area (Å²) in [5.41, 5.74) is 1.16. The maximum absolute atomic E-state index is 12.5. The second kappa shape index (κ2) is 6.71. The van der Waals surface area contributed by atoms with E-state index < -0.39 is 12.1 Å². The summed E-state index contributed by atoms with van der Waals surface area (Å²) >= 11 is 0. The number of halogens is 3. The molecule has 0 radical (unpaired) electrons. The fraction of sp³-hybridized carbons (Fsp3) is 0.471. The van der Waals surface area contributed by atoms with E-state index in [2.05, 4.69) is 14.7 Å². The van der Waals surface area contributed by atoms with Crippen molar-refractivity contribution in [1.82, 2.24) is 15.2 Å². The van der Waals surface area contributed by atoms with E-state index in [4.69, 9.17) is 4.84 Å². The van der Waals surface area contributed by atoms with Crippen LogP contribution in [0.2, 0.25) is 0 Å². The molecule has 1 saturated carbocycles. The Morgan fingerprint density at radius 3 is 2.42 bits per heavy atom. The number of amides is 1. The van der Waals surface area contributed by atoms with Crippen LogP contribution in [0.5, 0.6) is 0 Å². The van der Waals surface area contributed by atoms with Crippen molar-refractivity contribution in [3.05, 3.63) is 35.7 Å². The molecule has 3 unspecified atom stereocenters. The molecule has 1 fully saturated rings. The molecule has 1 aromatic carbocycles. The van der Waals surface area contributed by atoms with Gasteiger partial charge in [0.2, 0.25) is 11.7 Å². The summed E-state index contributed by atoms with van der Waals surface area (Å²) < 4.78 is 41.9. The topological polar surface area (TPSA) is 68.5 Å². The Morgan fingerprint density at radius 1 is 1.35 bits per heavy atom. The number of nitrogens with zero attached hydrogens (tertiary/aromatic N) is 3. The molecule has 1 heterocycles. The first kappa shape index (κ1) is 18.4. The Labute approximate surface area is 147 Å². The second-order valence-electron chi connectivity index (χ2n) is 6.38. The maximum Gasteiger partial charge on any atom is 0.471 e. The van der Waals surface area contributed by atoms with Crippen molar-refractivity contribution in [2.75, 3.05) is 7.11 Å². The Hall–Kier alpha value is -2.42. The van der Waals surface area contributed by atoms with E-state index in [0.29, 0.717) is 11.5 Å². The second-order valence-corrected chi connectivity index (χ2v) is 6.38. The summed E-state index contributed by atoms with van der Waals surface area (Å²) in [7, 11) is 1.44. The SMILES string of the molecule is CON(C(=O)C1CC1C)C(C)c1ccc(-c2noc(C(F)(F)F)n2)cc1. The standard InChI is InChI=1S/C17H18F3N3O3/c1-9-8-13(9)15(24)23(25-3)10(2)11-4-6-12(7-5-11)14-21-16(26-22-14)17(18,19)20/h4-7,9-10,13H,8H2,1-3H3. The fourth-order valence-electron chi connectivity index (χ4n) is 2.77. The Kier molecular flexibility index (Phi) is 4.74. The Bertz CT molecular complexity index is 789. The highest BCUT2D eigenvalue weighted by molar-refractivity contribution is 5.81. The van der Waals surface area contributed by atoms with Gasteiger partial charge in [-0.1, -0.05) is 36.3 Å². The summed E-state index contributed by atoms with van der Waals surface area (Å²) in [6.45, 7) is 3.83. The van der Waals surface area contributed by atoms with E-state index in [1.807, 2.05) is 13.8 Å². The van der Waals surface area contributed by atoms with E-state index in [0.717, 1.165) is 12.0 Å². The number of carbonyl (C=O) groups is 1. The number of hydroxylamine groups is 2. The van der Waals surface area contributed by atoms with Crippen LogP contribution >= 0.6 is 0 Å². The van der Waals surface area contributed by atoms with Gasteiger partial charge in [0.1, 0.15) is 0 Å². The molecule has 0 spiro atoms. The van der Waals surface area contributed by atoms with Crippen LogP contribution in [0.25, 0.3) is 11.4 Å². The highest BCUT2D eigenvalue weighted by Crippen LogP contribution is 2.40. The lowest BCUT2D eigenvalue weighted by atomic mass is 10.1. The van der Waals surface area contributed by atoms with Crippen LogP contribution in [0.15, 0.2) is 28.8 Å². The summed E-state index contributed by atoms with van der Waals surface area (Å²) in [6.07, 6.45) is -3.83. The first-order valence-electron chi connectivity index (χ1n) is 8.10. The van der Waals surface area contributed by atoms with Gasteiger partial charge < -0.3 is 4.52 Å². The van der Waals surface area contributed by atoms with E-state index in [1.54, 1.807) is 24.3 Å². The van der Waals surface area contributed by atoms with Gasteiger partial charge >= 0.3 is 12.1 Å². The molecule has 140 valence electrons. The zero-order valence-corrected chi connectivity index (χ0v) is 14.4. The van der Waals surface area contributed by atoms with Gasteiger partial charge in [0.25, 0.3) is 0 Å². The van der Waals surface area contributed by atoms with Crippen LogP contribution < -0.4 is 0 Å². The predicted molar refractivity (Wildman–Crippen MR) is 84.3 cm³/mol. The monoisotopic (exact) mass is 369 g/mol. The molecular weight excluding hydrogens is 351 g/mol. The average Bonchev–Trinajstić information content (AvgIpc) is 3.11. The zero-order valence-electron chi connectivity index (χ0n) is 14.4. The molecule has 6 nitrogen and oxygen atoms in total. The molecule has 1 aliphatic carbocycles. The summed E-state index contributed by atoms with van der Waals surface area (Å²) in [5.74, 6) is -1.26. The summed E-state index contributed by atoms with van der Waals surface area (Å²) in [4.78, 5) is 21.0. The van der Waals surface area contributed by atoms with Crippen LogP contribution in [0.3, 0.4) is 0 Å². The van der Waals surface area contributed by atoms with Gasteiger partial charge in [0.05, 0.1) is 13.2 Å². The zero-order chi connectivity index (χ0) is 19.1. The van der Waals surface area contributed by atoms with Crippen molar-refractivity contribution in [3.8, 4) is 11.4 Å². The quantitative estimate of drug-likeness (QED) is 0.749. The number of alkyl halides is 3. The van der Waals surface area contributed by atoms with Gasteiger partial charge in [-0.3, -0.25) is 9.63 Å². The molecule has 0 N–H and O–H groups in total. The molecular formula is C17H18F3N3O3. The first-order valence-corrected chi connectivity index (χ1v) is 8.10. The largest absolute Gasteiger partial charge is 0.471 e. The minimum atomic E-state index is -4.68.